The predicted molar refractivity (Wildman–Crippen MR) is 66.8 cm³/mol. The van der Waals surface area contributed by atoms with Crippen LogP contribution in [-0.2, 0) is 6.54 Å². The molecule has 0 saturated heterocycles. The molecule has 80 valence electrons. The molecular formula is C11H9N3S2. The number of rotatable bonds is 3. The molecule has 16 heavy (non-hydrogen) atoms. The molecule has 0 unspecified atom stereocenters. The smallest absolute Gasteiger partial charge is 0.122 e. The summed E-state index contributed by atoms with van der Waals surface area (Å²) in [4.78, 5) is 2.46. The summed E-state index contributed by atoms with van der Waals surface area (Å²) in [5, 5.41) is 12.4. The third kappa shape index (κ3) is 1.91. The normalized spacial score (nSPS) is 10.8. The van der Waals surface area contributed by atoms with Crippen LogP contribution in [-0.4, -0.2) is 15.0 Å². The van der Waals surface area contributed by atoms with E-state index in [1.54, 1.807) is 22.7 Å². The van der Waals surface area contributed by atoms with Crippen LogP contribution in [0.15, 0.2) is 41.2 Å². The van der Waals surface area contributed by atoms with Gasteiger partial charge in [-0.25, -0.2) is 4.68 Å². The van der Waals surface area contributed by atoms with E-state index in [0.29, 0.717) is 0 Å². The SMILES string of the molecule is c1csc(Cn2cc(-c3cccs3)nn2)c1. The van der Waals surface area contributed by atoms with Gasteiger partial charge in [-0.15, -0.1) is 27.8 Å². The number of nitrogens with zero attached hydrogens (tertiary/aromatic N) is 3. The molecule has 0 aliphatic rings. The Hall–Kier alpha value is -1.46. The fourth-order valence-corrected chi connectivity index (χ4v) is 2.85. The molecule has 5 heteroatoms. The van der Waals surface area contributed by atoms with Gasteiger partial charge in [-0.3, -0.25) is 0 Å². The maximum absolute atomic E-state index is 4.17. The highest BCUT2D eigenvalue weighted by Crippen LogP contribution is 2.22. The molecule has 3 aromatic heterocycles. The average molecular weight is 247 g/mol. The van der Waals surface area contributed by atoms with Crippen LogP contribution in [0.1, 0.15) is 4.88 Å². The molecule has 0 saturated carbocycles. The summed E-state index contributed by atoms with van der Waals surface area (Å²) in [5.74, 6) is 0. The van der Waals surface area contributed by atoms with Gasteiger partial charge >= 0.3 is 0 Å². The molecule has 0 aliphatic carbocycles. The fraction of sp³-hybridized carbons (Fsp3) is 0.0909. The largest absolute Gasteiger partial charge is 0.247 e. The third-order valence-electron chi connectivity index (χ3n) is 2.21. The van der Waals surface area contributed by atoms with E-state index in [1.807, 2.05) is 22.3 Å². The summed E-state index contributed by atoms with van der Waals surface area (Å²) < 4.78 is 1.88. The molecule has 3 heterocycles. The molecule has 0 N–H and O–H groups in total. The maximum atomic E-state index is 4.17. The first-order valence-corrected chi connectivity index (χ1v) is 6.64. The van der Waals surface area contributed by atoms with Crippen molar-refractivity contribution in [1.29, 1.82) is 0 Å². The Morgan fingerprint density at radius 1 is 1.12 bits per heavy atom. The van der Waals surface area contributed by atoms with Crippen molar-refractivity contribution in [2.75, 3.05) is 0 Å². The third-order valence-corrected chi connectivity index (χ3v) is 3.96. The molecule has 0 spiro atoms. The van der Waals surface area contributed by atoms with Gasteiger partial charge in [0.25, 0.3) is 0 Å². The fourth-order valence-electron chi connectivity index (χ4n) is 1.48. The first-order chi connectivity index (χ1) is 7.92. The summed E-state index contributed by atoms with van der Waals surface area (Å²) in [7, 11) is 0. The van der Waals surface area contributed by atoms with E-state index in [0.717, 1.165) is 17.1 Å². The van der Waals surface area contributed by atoms with Crippen LogP contribution in [0.3, 0.4) is 0 Å². The molecule has 3 rings (SSSR count). The van der Waals surface area contributed by atoms with Gasteiger partial charge in [-0.1, -0.05) is 17.3 Å². The van der Waals surface area contributed by atoms with Crippen LogP contribution in [0.25, 0.3) is 10.6 Å². The molecule has 0 bridgehead atoms. The zero-order chi connectivity index (χ0) is 10.8. The Balaban J connectivity index is 1.83. The van der Waals surface area contributed by atoms with Gasteiger partial charge in [-0.2, -0.15) is 0 Å². The topological polar surface area (TPSA) is 30.7 Å². The van der Waals surface area contributed by atoms with Gasteiger partial charge in [0.2, 0.25) is 0 Å². The molecule has 0 radical (unpaired) electrons. The molecule has 0 aliphatic heterocycles. The van der Waals surface area contributed by atoms with E-state index < -0.39 is 0 Å². The number of hydrogen-bond donors (Lipinski definition) is 0. The van der Waals surface area contributed by atoms with Gasteiger partial charge in [0.1, 0.15) is 5.69 Å². The zero-order valence-corrected chi connectivity index (χ0v) is 10.0. The number of aromatic nitrogens is 3. The lowest BCUT2D eigenvalue weighted by Crippen LogP contribution is -1.97. The second-order valence-corrected chi connectivity index (χ2v) is 5.34. The Kier molecular flexibility index (Phi) is 2.55. The predicted octanol–water partition coefficient (Wildman–Crippen LogP) is 3.12. The van der Waals surface area contributed by atoms with Crippen molar-refractivity contribution in [3.8, 4) is 10.6 Å². The average Bonchev–Trinajstić information content (AvgIpc) is 2.99. The van der Waals surface area contributed by atoms with E-state index in [-0.39, 0.29) is 0 Å². The van der Waals surface area contributed by atoms with Gasteiger partial charge in [0, 0.05) is 4.88 Å². The summed E-state index contributed by atoms with van der Waals surface area (Å²) >= 11 is 3.42. The second-order valence-electron chi connectivity index (χ2n) is 3.36. The van der Waals surface area contributed by atoms with E-state index in [1.165, 1.54) is 4.88 Å². The van der Waals surface area contributed by atoms with Crippen molar-refractivity contribution in [2.24, 2.45) is 0 Å². The molecule has 3 nitrogen and oxygen atoms in total. The van der Waals surface area contributed by atoms with Crippen molar-refractivity contribution in [1.82, 2.24) is 15.0 Å². The van der Waals surface area contributed by atoms with E-state index in [2.05, 4.69) is 33.9 Å². The first-order valence-electron chi connectivity index (χ1n) is 4.88. The number of thiophene rings is 2. The Morgan fingerprint density at radius 2 is 2.00 bits per heavy atom. The van der Waals surface area contributed by atoms with Crippen molar-refractivity contribution in [3.63, 3.8) is 0 Å². The summed E-state index contributed by atoms with van der Waals surface area (Å²) in [6, 6.07) is 8.25. The zero-order valence-electron chi connectivity index (χ0n) is 8.41. The van der Waals surface area contributed by atoms with Crippen molar-refractivity contribution in [3.05, 3.63) is 46.1 Å². The summed E-state index contributed by atoms with van der Waals surface area (Å²) in [6.45, 7) is 0.802. The van der Waals surface area contributed by atoms with E-state index >= 15 is 0 Å². The first kappa shape index (κ1) is 9.74. The maximum Gasteiger partial charge on any atom is 0.122 e. The highest BCUT2D eigenvalue weighted by molar-refractivity contribution is 7.13. The van der Waals surface area contributed by atoms with Crippen molar-refractivity contribution < 1.29 is 0 Å². The van der Waals surface area contributed by atoms with Crippen LogP contribution in [0.5, 0.6) is 0 Å². The molecule has 0 aromatic carbocycles. The highest BCUT2D eigenvalue weighted by atomic mass is 32.1. The molecule has 0 atom stereocenters. The minimum absolute atomic E-state index is 0.802. The minimum atomic E-state index is 0.802. The van der Waals surface area contributed by atoms with Crippen LogP contribution in [0.4, 0.5) is 0 Å². The lowest BCUT2D eigenvalue weighted by Gasteiger charge is -1.94. The standard InChI is InChI=1S/C11H9N3S2/c1-3-9(15-5-1)7-14-8-10(12-13-14)11-4-2-6-16-11/h1-6,8H,7H2. The Labute approximate surface area is 101 Å². The summed E-state index contributed by atoms with van der Waals surface area (Å²) in [5.41, 5.74) is 0.951. The molecule has 0 amide bonds. The Morgan fingerprint density at radius 3 is 2.75 bits per heavy atom. The molecule has 3 aromatic rings. The van der Waals surface area contributed by atoms with Crippen LogP contribution in [0.2, 0.25) is 0 Å². The van der Waals surface area contributed by atoms with Crippen LogP contribution in [0, 0.1) is 0 Å². The van der Waals surface area contributed by atoms with E-state index in [9.17, 15) is 0 Å². The molecule has 0 fully saturated rings. The Bertz CT molecular complexity index is 552. The van der Waals surface area contributed by atoms with Crippen molar-refractivity contribution in [2.45, 2.75) is 6.54 Å². The van der Waals surface area contributed by atoms with Gasteiger partial charge in [0.05, 0.1) is 17.6 Å². The summed E-state index contributed by atoms with van der Waals surface area (Å²) in [6.07, 6.45) is 1.99. The van der Waals surface area contributed by atoms with Gasteiger partial charge < -0.3 is 0 Å². The van der Waals surface area contributed by atoms with Crippen molar-refractivity contribution >= 4 is 22.7 Å². The van der Waals surface area contributed by atoms with E-state index in [4.69, 9.17) is 0 Å². The van der Waals surface area contributed by atoms with Gasteiger partial charge in [-0.05, 0) is 22.9 Å². The minimum Gasteiger partial charge on any atom is -0.247 e. The van der Waals surface area contributed by atoms with Crippen LogP contribution < -0.4 is 0 Å². The monoisotopic (exact) mass is 247 g/mol. The lowest BCUT2D eigenvalue weighted by molar-refractivity contribution is 0.656. The number of hydrogen-bond acceptors (Lipinski definition) is 4. The van der Waals surface area contributed by atoms with Gasteiger partial charge in [0.15, 0.2) is 0 Å². The molecular weight excluding hydrogens is 238 g/mol. The van der Waals surface area contributed by atoms with Crippen LogP contribution >= 0.6 is 22.7 Å². The highest BCUT2D eigenvalue weighted by Gasteiger charge is 2.05. The lowest BCUT2D eigenvalue weighted by atomic mass is 10.4. The quantitative estimate of drug-likeness (QED) is 0.712. The second kappa shape index (κ2) is 4.19.